The van der Waals surface area contributed by atoms with Crippen molar-refractivity contribution in [1.82, 2.24) is 0 Å². The van der Waals surface area contributed by atoms with Crippen molar-refractivity contribution >= 4 is 21.2 Å². The summed E-state index contributed by atoms with van der Waals surface area (Å²) in [6.07, 6.45) is 0. The Morgan fingerprint density at radius 1 is 1.50 bits per heavy atom. The van der Waals surface area contributed by atoms with Gasteiger partial charge in [0.15, 0.2) is 0 Å². The summed E-state index contributed by atoms with van der Waals surface area (Å²) in [5, 5.41) is 0. The fourth-order valence-corrected chi connectivity index (χ4v) is 0. The molecule has 0 aromatic rings. The van der Waals surface area contributed by atoms with Crippen molar-refractivity contribution in [2.75, 3.05) is 0 Å². The molecule has 0 saturated heterocycles. The monoisotopic (exact) mass is 125 g/mol. The van der Waals surface area contributed by atoms with Crippen molar-refractivity contribution < 1.29 is 8.78 Å². The fourth-order valence-electron chi connectivity index (χ4n) is 0. The van der Waals surface area contributed by atoms with Gasteiger partial charge in [-0.2, -0.15) is 0 Å². The Hall–Kier alpha value is 0.288. The molecule has 0 aliphatic carbocycles. The number of rotatable bonds is 0. The van der Waals surface area contributed by atoms with Crippen LogP contribution < -0.4 is 0 Å². The Labute approximate surface area is 30.8 Å². The summed E-state index contributed by atoms with van der Waals surface area (Å²) in [5.41, 5.74) is 0. The van der Waals surface area contributed by atoms with Crippen molar-refractivity contribution in [3.05, 3.63) is 0 Å². The summed E-state index contributed by atoms with van der Waals surface area (Å²) in [4.78, 5) is -1.65. The summed E-state index contributed by atoms with van der Waals surface area (Å²) >= 11 is 1.12. The molecule has 0 saturated carbocycles. The molecule has 3 heteroatoms. The molecular formula is CAsF2. The zero-order valence-electron chi connectivity index (χ0n) is 1.70. The van der Waals surface area contributed by atoms with E-state index in [0.29, 0.717) is 0 Å². The maximum atomic E-state index is 10.2. The molecule has 0 rings (SSSR count). The van der Waals surface area contributed by atoms with Gasteiger partial charge in [0.25, 0.3) is 0 Å². The summed E-state index contributed by atoms with van der Waals surface area (Å²) in [5.74, 6) is 0. The van der Waals surface area contributed by atoms with Crippen LogP contribution in [0.3, 0.4) is 0 Å². The first-order valence-corrected chi connectivity index (χ1v) is 1.54. The van der Waals surface area contributed by atoms with Gasteiger partial charge in [-0.1, -0.05) is 0 Å². The molecule has 0 N–H and O–H groups in total. The van der Waals surface area contributed by atoms with Crippen LogP contribution >= 0.6 is 0 Å². The van der Waals surface area contributed by atoms with Gasteiger partial charge >= 0.3 is 30.0 Å². The van der Waals surface area contributed by atoms with Gasteiger partial charge in [0.05, 0.1) is 0 Å². The molecule has 4 heavy (non-hydrogen) atoms. The third kappa shape index (κ3) is 45.7. The van der Waals surface area contributed by atoms with E-state index in [2.05, 4.69) is 0 Å². The zero-order valence-corrected chi connectivity index (χ0v) is 3.58. The molecule has 0 heterocycles. The maximum absolute atomic E-state index is 10.2. The van der Waals surface area contributed by atoms with Crippen molar-refractivity contribution in [2.45, 2.75) is 0 Å². The second-order valence-corrected chi connectivity index (χ2v) is 0.950. The molecule has 0 fully saturated rings. The molecule has 0 aromatic heterocycles. The second kappa shape index (κ2) is 1.59. The molecule has 0 aromatic carbocycles. The van der Waals surface area contributed by atoms with E-state index in [9.17, 15) is 8.78 Å². The Balaban J connectivity index is 2.80. The van der Waals surface area contributed by atoms with Crippen LogP contribution in [0, 0.1) is 0 Å². The molecule has 0 unspecified atom stereocenters. The molecule has 0 spiro atoms. The molecule has 0 aliphatic heterocycles. The fraction of sp³-hybridized carbons (Fsp3) is 0. The van der Waals surface area contributed by atoms with Gasteiger partial charge < -0.3 is 0 Å². The topological polar surface area (TPSA) is 0 Å². The van der Waals surface area contributed by atoms with E-state index in [0.717, 1.165) is 16.4 Å². The summed E-state index contributed by atoms with van der Waals surface area (Å²) in [7, 11) is 0. The van der Waals surface area contributed by atoms with Crippen LogP contribution in [0.1, 0.15) is 0 Å². The summed E-state index contributed by atoms with van der Waals surface area (Å²) in [6.45, 7) is 0. The van der Waals surface area contributed by atoms with Crippen LogP contribution in [0.15, 0.2) is 0 Å². The molecule has 0 atom stereocenters. The van der Waals surface area contributed by atoms with Gasteiger partial charge in [-0.3, -0.25) is 0 Å². The Morgan fingerprint density at radius 3 is 1.50 bits per heavy atom. The van der Waals surface area contributed by atoms with Gasteiger partial charge in [-0.25, -0.2) is 0 Å². The number of halogens is 2. The quantitative estimate of drug-likeness (QED) is 0.405. The van der Waals surface area contributed by atoms with Crippen LogP contribution in [0.5, 0.6) is 0 Å². The Kier molecular flexibility index (Phi) is 1.71. The van der Waals surface area contributed by atoms with Crippen molar-refractivity contribution in [1.29, 1.82) is 0 Å². The van der Waals surface area contributed by atoms with Crippen molar-refractivity contribution in [3.63, 3.8) is 0 Å². The Morgan fingerprint density at radius 2 is 1.50 bits per heavy atom. The van der Waals surface area contributed by atoms with Gasteiger partial charge in [0.2, 0.25) is 0 Å². The average molecular weight is 125 g/mol. The van der Waals surface area contributed by atoms with E-state index in [-0.39, 0.29) is 0 Å². The van der Waals surface area contributed by atoms with Gasteiger partial charge in [0, 0.05) is 0 Å². The van der Waals surface area contributed by atoms with Crippen molar-refractivity contribution in [3.8, 4) is 0 Å². The Bertz CT molecular complexity index is 29.0. The van der Waals surface area contributed by atoms with Gasteiger partial charge in [0.1, 0.15) is 0 Å². The standard InChI is InChI=1S/CAsF2/c2-1(3)4. The molecule has 0 nitrogen and oxygen atoms in total. The zero-order chi connectivity index (χ0) is 3.58. The molecule has 0 aliphatic rings. The molecule has 0 amide bonds. The molecule has 23 valence electrons. The first kappa shape index (κ1) is 4.29. The first-order chi connectivity index (χ1) is 1.73. The summed E-state index contributed by atoms with van der Waals surface area (Å²) in [6, 6.07) is 0. The van der Waals surface area contributed by atoms with Crippen LogP contribution in [0.4, 0.5) is 8.78 Å². The van der Waals surface area contributed by atoms with Crippen LogP contribution in [0.25, 0.3) is 0 Å². The van der Waals surface area contributed by atoms with E-state index in [1.54, 1.807) is 0 Å². The minimum absolute atomic E-state index is 1.12. The second-order valence-electron chi connectivity index (χ2n) is 0.240. The third-order valence-electron chi connectivity index (χ3n) is 0. The number of hydrogen-bond donors (Lipinski definition) is 0. The van der Waals surface area contributed by atoms with Crippen molar-refractivity contribution in [2.24, 2.45) is 0 Å². The van der Waals surface area contributed by atoms with Crippen LogP contribution in [-0.2, 0) is 0 Å². The summed E-state index contributed by atoms with van der Waals surface area (Å²) < 4.78 is 20.4. The van der Waals surface area contributed by atoms with E-state index < -0.39 is 4.81 Å². The normalized spacial score (nSPS) is 6.50. The molecule has 1 radical (unpaired) electrons. The third-order valence-corrected chi connectivity index (χ3v) is 0. The molecular weight excluding hydrogens is 125 g/mol. The minimum atomic E-state index is -1.65. The predicted octanol–water partition coefficient (Wildman–Crippen LogP) is 0.181. The van der Waals surface area contributed by atoms with Crippen LogP contribution in [0.2, 0.25) is 0 Å². The van der Waals surface area contributed by atoms with Gasteiger partial charge in [-0.15, -0.1) is 0 Å². The van der Waals surface area contributed by atoms with E-state index in [4.69, 9.17) is 0 Å². The van der Waals surface area contributed by atoms with E-state index >= 15 is 0 Å². The number of hydrogen-bond acceptors (Lipinski definition) is 0. The molecule has 0 bridgehead atoms. The van der Waals surface area contributed by atoms with E-state index in [1.807, 2.05) is 0 Å². The van der Waals surface area contributed by atoms with E-state index in [1.165, 1.54) is 0 Å². The first-order valence-electron chi connectivity index (χ1n) is 0.602. The van der Waals surface area contributed by atoms with Gasteiger partial charge in [-0.05, 0) is 0 Å². The average Bonchev–Trinajstić information content (AvgIpc) is 0.811. The predicted molar refractivity (Wildman–Crippen MR) is 13.0 cm³/mol. The van der Waals surface area contributed by atoms with Crippen LogP contribution in [-0.4, -0.2) is 21.2 Å². The SMILES string of the molecule is FC(F)=[As].